The molecule has 0 atom stereocenters. The molecular weight excluding hydrogens is 277 g/mol. The average molecular weight is 289 g/mol. The number of nitrogens with two attached hydrogens (primary N) is 1. The first kappa shape index (κ1) is 13.9. The number of sulfonamides is 1. The number of benzene rings is 1. The van der Waals surface area contributed by atoms with Gasteiger partial charge in [-0.2, -0.15) is 0 Å². The first-order valence-corrected chi connectivity index (χ1v) is 6.95. The van der Waals surface area contributed by atoms with Gasteiger partial charge in [0.2, 0.25) is 10.0 Å². The number of hydrogen-bond acceptors (Lipinski definition) is 5. The van der Waals surface area contributed by atoms with Crippen LogP contribution < -0.4 is 5.14 Å². The van der Waals surface area contributed by atoms with E-state index < -0.39 is 33.5 Å². The fourth-order valence-electron chi connectivity index (χ4n) is 1.55. The van der Waals surface area contributed by atoms with Crippen LogP contribution >= 0.6 is 0 Å². The first-order chi connectivity index (χ1) is 8.79. The van der Waals surface area contributed by atoms with Crippen LogP contribution in [0, 0.1) is 12.7 Å². The van der Waals surface area contributed by atoms with Crippen LogP contribution in [-0.4, -0.2) is 33.7 Å². The molecule has 0 aromatic heterocycles. The summed E-state index contributed by atoms with van der Waals surface area (Å²) in [5.74, 6) is -1.75. The predicted octanol–water partition coefficient (Wildman–Crippen LogP) is 0.337. The standard InChI is InChI=1S/C11H12FNO5S/c1-6-2-8(19(13,15)16)3-9(10(6)12)11(14)18-7-4-17-5-7/h2-3,7H,4-5H2,1H3,(H2,13,15,16). The lowest BCUT2D eigenvalue weighted by molar-refractivity contribution is -0.103. The number of primary sulfonamides is 1. The second-order valence-corrected chi connectivity index (χ2v) is 5.77. The lowest BCUT2D eigenvalue weighted by Gasteiger charge is -2.25. The van der Waals surface area contributed by atoms with Gasteiger partial charge in [0, 0.05) is 0 Å². The van der Waals surface area contributed by atoms with Gasteiger partial charge >= 0.3 is 5.97 Å². The zero-order valence-corrected chi connectivity index (χ0v) is 10.9. The molecule has 1 aliphatic heterocycles. The Morgan fingerprint density at radius 1 is 1.47 bits per heavy atom. The summed E-state index contributed by atoms with van der Waals surface area (Å²) in [6.07, 6.45) is -0.426. The summed E-state index contributed by atoms with van der Waals surface area (Å²) in [5.41, 5.74) is -0.445. The minimum absolute atomic E-state index is 0.00309. The first-order valence-electron chi connectivity index (χ1n) is 5.40. The Labute approximate surface area is 109 Å². The Bertz CT molecular complexity index is 624. The van der Waals surface area contributed by atoms with E-state index in [-0.39, 0.29) is 23.7 Å². The Kier molecular flexibility index (Phi) is 3.57. The van der Waals surface area contributed by atoms with E-state index in [2.05, 4.69) is 0 Å². The Hall–Kier alpha value is -1.51. The number of carbonyl (C=O) groups is 1. The van der Waals surface area contributed by atoms with Crippen LogP contribution in [0.3, 0.4) is 0 Å². The summed E-state index contributed by atoms with van der Waals surface area (Å²) in [6.45, 7) is 1.84. The molecule has 1 aromatic carbocycles. The Balaban J connectivity index is 2.37. The Morgan fingerprint density at radius 2 is 2.11 bits per heavy atom. The van der Waals surface area contributed by atoms with Crippen molar-refractivity contribution in [1.29, 1.82) is 0 Å². The summed E-state index contributed by atoms with van der Waals surface area (Å²) < 4.78 is 46.1. The van der Waals surface area contributed by atoms with Crippen molar-refractivity contribution in [3.8, 4) is 0 Å². The van der Waals surface area contributed by atoms with Crippen molar-refractivity contribution in [2.45, 2.75) is 17.9 Å². The van der Waals surface area contributed by atoms with E-state index in [4.69, 9.17) is 14.6 Å². The van der Waals surface area contributed by atoms with Gasteiger partial charge in [-0.25, -0.2) is 22.7 Å². The molecule has 0 radical (unpaired) electrons. The number of ether oxygens (including phenoxy) is 2. The molecule has 0 spiro atoms. The maximum absolute atomic E-state index is 13.8. The number of hydrogen-bond donors (Lipinski definition) is 1. The molecule has 0 aliphatic carbocycles. The molecule has 8 heteroatoms. The van der Waals surface area contributed by atoms with E-state index in [1.807, 2.05) is 0 Å². The summed E-state index contributed by atoms with van der Waals surface area (Å²) in [6, 6.07) is 1.94. The number of halogens is 1. The topological polar surface area (TPSA) is 95.7 Å². The molecule has 6 nitrogen and oxygen atoms in total. The molecular formula is C11H12FNO5S. The van der Waals surface area contributed by atoms with Gasteiger partial charge in [0.25, 0.3) is 0 Å². The third-order valence-corrected chi connectivity index (χ3v) is 3.55. The normalized spacial score (nSPS) is 15.9. The van der Waals surface area contributed by atoms with E-state index in [1.165, 1.54) is 6.92 Å². The van der Waals surface area contributed by atoms with Crippen molar-refractivity contribution in [2.24, 2.45) is 5.14 Å². The van der Waals surface area contributed by atoms with Crippen LogP contribution in [0.25, 0.3) is 0 Å². The molecule has 1 aliphatic rings. The zero-order valence-electron chi connectivity index (χ0n) is 10.1. The molecule has 19 heavy (non-hydrogen) atoms. The van der Waals surface area contributed by atoms with Crippen molar-refractivity contribution in [2.75, 3.05) is 13.2 Å². The molecule has 1 heterocycles. The highest BCUT2D eigenvalue weighted by molar-refractivity contribution is 7.89. The van der Waals surface area contributed by atoms with Gasteiger partial charge < -0.3 is 9.47 Å². The Morgan fingerprint density at radius 3 is 2.58 bits per heavy atom. The van der Waals surface area contributed by atoms with Crippen LogP contribution in [0.4, 0.5) is 4.39 Å². The fraction of sp³-hybridized carbons (Fsp3) is 0.364. The van der Waals surface area contributed by atoms with Crippen LogP contribution in [0.5, 0.6) is 0 Å². The van der Waals surface area contributed by atoms with E-state index in [1.54, 1.807) is 0 Å². The molecule has 1 fully saturated rings. The molecule has 104 valence electrons. The zero-order chi connectivity index (χ0) is 14.2. The molecule has 0 saturated carbocycles. The largest absolute Gasteiger partial charge is 0.454 e. The van der Waals surface area contributed by atoms with Gasteiger partial charge in [0.1, 0.15) is 11.9 Å². The summed E-state index contributed by atoms with van der Waals surface area (Å²) in [4.78, 5) is 11.4. The SMILES string of the molecule is Cc1cc(S(N)(=O)=O)cc(C(=O)OC2COC2)c1F. The van der Waals surface area contributed by atoms with E-state index in [0.717, 1.165) is 12.1 Å². The van der Waals surface area contributed by atoms with E-state index >= 15 is 0 Å². The monoisotopic (exact) mass is 289 g/mol. The lowest BCUT2D eigenvalue weighted by Crippen LogP contribution is -2.38. The van der Waals surface area contributed by atoms with Crippen molar-refractivity contribution in [3.05, 3.63) is 29.1 Å². The maximum atomic E-state index is 13.8. The molecule has 0 unspecified atom stereocenters. The van der Waals surface area contributed by atoms with Gasteiger partial charge in [-0.1, -0.05) is 0 Å². The van der Waals surface area contributed by atoms with E-state index in [9.17, 15) is 17.6 Å². The summed E-state index contributed by atoms with van der Waals surface area (Å²) >= 11 is 0. The highest BCUT2D eigenvalue weighted by Crippen LogP contribution is 2.20. The van der Waals surface area contributed by atoms with Gasteiger partial charge in [0.15, 0.2) is 0 Å². The second kappa shape index (κ2) is 4.87. The molecule has 2 N–H and O–H groups in total. The minimum Gasteiger partial charge on any atom is -0.454 e. The number of carbonyl (C=O) groups excluding carboxylic acids is 1. The number of esters is 1. The van der Waals surface area contributed by atoms with Gasteiger partial charge in [-0.3, -0.25) is 0 Å². The van der Waals surface area contributed by atoms with Crippen LogP contribution in [-0.2, 0) is 19.5 Å². The fourth-order valence-corrected chi connectivity index (χ4v) is 2.17. The van der Waals surface area contributed by atoms with Gasteiger partial charge in [0.05, 0.1) is 23.7 Å². The third kappa shape index (κ3) is 2.91. The molecule has 1 saturated heterocycles. The van der Waals surface area contributed by atoms with Crippen molar-refractivity contribution in [1.82, 2.24) is 0 Å². The van der Waals surface area contributed by atoms with E-state index in [0.29, 0.717) is 0 Å². The smallest absolute Gasteiger partial charge is 0.341 e. The van der Waals surface area contributed by atoms with Gasteiger partial charge in [-0.05, 0) is 24.6 Å². The summed E-state index contributed by atoms with van der Waals surface area (Å²) in [7, 11) is -4.02. The van der Waals surface area contributed by atoms with Crippen LogP contribution in [0.15, 0.2) is 17.0 Å². The molecule has 0 amide bonds. The molecule has 1 aromatic rings. The predicted molar refractivity (Wildman–Crippen MR) is 62.5 cm³/mol. The lowest BCUT2D eigenvalue weighted by atomic mass is 10.1. The van der Waals surface area contributed by atoms with Crippen molar-refractivity contribution >= 4 is 16.0 Å². The highest BCUT2D eigenvalue weighted by atomic mass is 32.2. The molecule has 0 bridgehead atoms. The molecule has 2 rings (SSSR count). The average Bonchev–Trinajstić information content (AvgIpc) is 2.25. The highest BCUT2D eigenvalue weighted by Gasteiger charge is 2.26. The number of rotatable bonds is 3. The second-order valence-electron chi connectivity index (χ2n) is 4.21. The van der Waals surface area contributed by atoms with Gasteiger partial charge in [-0.15, -0.1) is 0 Å². The maximum Gasteiger partial charge on any atom is 0.341 e. The van der Waals surface area contributed by atoms with Crippen molar-refractivity contribution < 1.29 is 27.1 Å². The number of aryl methyl sites for hydroxylation is 1. The quantitative estimate of drug-likeness (QED) is 0.809. The van der Waals surface area contributed by atoms with Crippen molar-refractivity contribution in [3.63, 3.8) is 0 Å². The third-order valence-electron chi connectivity index (χ3n) is 2.66. The van der Waals surface area contributed by atoms with Crippen LogP contribution in [0.1, 0.15) is 15.9 Å². The van der Waals surface area contributed by atoms with Crippen LogP contribution in [0.2, 0.25) is 0 Å². The minimum atomic E-state index is -4.02. The summed E-state index contributed by atoms with van der Waals surface area (Å²) in [5, 5.41) is 4.96.